The van der Waals surface area contributed by atoms with Gasteiger partial charge in [-0.2, -0.15) is 0 Å². The molecule has 25 heavy (non-hydrogen) atoms. The predicted octanol–water partition coefficient (Wildman–Crippen LogP) is 3.80. The average molecular weight is 342 g/mol. The number of nitro benzene ring substituents is 1. The van der Waals surface area contributed by atoms with Gasteiger partial charge < -0.3 is 9.64 Å². The van der Waals surface area contributed by atoms with E-state index in [9.17, 15) is 14.9 Å². The maximum absolute atomic E-state index is 12.3. The van der Waals surface area contributed by atoms with Crippen molar-refractivity contribution >= 4 is 11.6 Å². The molecule has 1 amide bonds. The van der Waals surface area contributed by atoms with Crippen molar-refractivity contribution in [3.8, 4) is 5.75 Å². The van der Waals surface area contributed by atoms with Crippen molar-refractivity contribution in [2.45, 2.75) is 26.3 Å². The molecule has 2 aromatic carbocycles. The van der Waals surface area contributed by atoms with Gasteiger partial charge in [0.15, 0.2) is 5.75 Å². The Bertz CT molecular complexity index is 704. The van der Waals surface area contributed by atoms with E-state index in [1.807, 2.05) is 37.3 Å². The first-order valence-corrected chi connectivity index (χ1v) is 8.29. The second-order valence-corrected chi connectivity index (χ2v) is 5.57. The number of para-hydroxylation sites is 2. The van der Waals surface area contributed by atoms with Crippen LogP contribution in [0, 0.1) is 10.1 Å². The molecule has 0 N–H and O–H groups in total. The Morgan fingerprint density at radius 3 is 2.48 bits per heavy atom. The highest BCUT2D eigenvalue weighted by Crippen LogP contribution is 2.25. The zero-order chi connectivity index (χ0) is 18.1. The number of amides is 1. The lowest BCUT2D eigenvalue weighted by molar-refractivity contribution is -0.385. The van der Waals surface area contributed by atoms with Crippen LogP contribution >= 0.6 is 0 Å². The minimum atomic E-state index is -0.473. The molecule has 0 unspecified atom stereocenters. The van der Waals surface area contributed by atoms with Gasteiger partial charge in [0.1, 0.15) is 0 Å². The molecular formula is C19H22N2O4. The molecule has 0 spiro atoms. The van der Waals surface area contributed by atoms with Crippen LogP contribution in [0.3, 0.4) is 0 Å². The van der Waals surface area contributed by atoms with Crippen molar-refractivity contribution in [1.82, 2.24) is 4.90 Å². The van der Waals surface area contributed by atoms with Gasteiger partial charge in [0.2, 0.25) is 5.91 Å². The largest absolute Gasteiger partial charge is 0.487 e. The molecule has 6 heteroatoms. The first-order chi connectivity index (χ1) is 12.1. The fraction of sp³-hybridized carbons (Fsp3) is 0.316. The number of hydrogen-bond donors (Lipinski definition) is 0. The molecular weight excluding hydrogens is 320 g/mol. The zero-order valence-corrected chi connectivity index (χ0v) is 14.3. The molecule has 0 fully saturated rings. The molecule has 6 nitrogen and oxygen atoms in total. The molecule has 0 bridgehead atoms. The Hall–Kier alpha value is -2.89. The molecule has 0 saturated heterocycles. The second kappa shape index (κ2) is 9.42. The lowest BCUT2D eigenvalue weighted by atomic mass is 10.2. The lowest BCUT2D eigenvalue weighted by Crippen LogP contribution is -2.30. The smallest absolute Gasteiger partial charge is 0.310 e. The Balaban J connectivity index is 1.80. The van der Waals surface area contributed by atoms with Crippen LogP contribution in [-0.2, 0) is 11.3 Å². The van der Waals surface area contributed by atoms with Crippen LogP contribution in [0.15, 0.2) is 54.6 Å². The van der Waals surface area contributed by atoms with Gasteiger partial charge in [0.25, 0.3) is 0 Å². The number of ether oxygens (including phenoxy) is 1. The summed E-state index contributed by atoms with van der Waals surface area (Å²) in [5, 5.41) is 10.9. The summed E-state index contributed by atoms with van der Waals surface area (Å²) in [4.78, 5) is 24.6. The molecule has 132 valence electrons. The van der Waals surface area contributed by atoms with E-state index in [0.29, 0.717) is 25.9 Å². The highest BCUT2D eigenvalue weighted by atomic mass is 16.6. The van der Waals surface area contributed by atoms with Crippen molar-refractivity contribution in [3.63, 3.8) is 0 Å². The minimum Gasteiger partial charge on any atom is -0.487 e. The molecule has 0 radical (unpaired) electrons. The lowest BCUT2D eigenvalue weighted by Gasteiger charge is -2.21. The number of hydrogen-bond acceptors (Lipinski definition) is 4. The summed E-state index contributed by atoms with van der Waals surface area (Å²) in [5.74, 6) is 0.286. The Kier molecular flexibility index (Phi) is 6.95. The van der Waals surface area contributed by atoms with E-state index in [4.69, 9.17) is 4.74 Å². The minimum absolute atomic E-state index is 0.0533. The van der Waals surface area contributed by atoms with E-state index >= 15 is 0 Å². The van der Waals surface area contributed by atoms with Crippen LogP contribution in [0.2, 0.25) is 0 Å². The van der Waals surface area contributed by atoms with E-state index in [-0.39, 0.29) is 24.0 Å². The Labute approximate surface area is 147 Å². The average Bonchev–Trinajstić information content (AvgIpc) is 2.64. The molecule has 0 atom stereocenters. The molecule has 0 heterocycles. The molecule has 0 aliphatic heterocycles. The summed E-state index contributed by atoms with van der Waals surface area (Å²) in [5.41, 5.74) is 1.03. The monoisotopic (exact) mass is 342 g/mol. The predicted molar refractivity (Wildman–Crippen MR) is 95.4 cm³/mol. The van der Waals surface area contributed by atoms with E-state index < -0.39 is 4.92 Å². The highest BCUT2D eigenvalue weighted by Gasteiger charge is 2.15. The fourth-order valence-electron chi connectivity index (χ4n) is 2.47. The van der Waals surface area contributed by atoms with Gasteiger partial charge in [-0.25, -0.2) is 0 Å². The summed E-state index contributed by atoms with van der Waals surface area (Å²) in [6.45, 7) is 3.43. The van der Waals surface area contributed by atoms with Crippen molar-refractivity contribution < 1.29 is 14.5 Å². The highest BCUT2D eigenvalue weighted by molar-refractivity contribution is 5.76. The van der Waals surface area contributed by atoms with Crippen molar-refractivity contribution in [1.29, 1.82) is 0 Å². The third-order valence-corrected chi connectivity index (χ3v) is 3.81. The third-order valence-electron chi connectivity index (χ3n) is 3.81. The first-order valence-electron chi connectivity index (χ1n) is 8.29. The standard InChI is InChI=1S/C19H22N2O4/c1-2-20(15-16-9-4-3-5-10-16)19(22)13-8-14-25-18-12-7-6-11-17(18)21(23)24/h3-7,9-12H,2,8,13-15H2,1H3. The Morgan fingerprint density at radius 1 is 1.12 bits per heavy atom. The SMILES string of the molecule is CCN(Cc1ccccc1)C(=O)CCCOc1ccccc1[N+](=O)[O-]. The van der Waals surface area contributed by atoms with Crippen LogP contribution < -0.4 is 4.74 Å². The molecule has 0 saturated carbocycles. The van der Waals surface area contributed by atoms with E-state index in [0.717, 1.165) is 5.56 Å². The number of benzene rings is 2. The van der Waals surface area contributed by atoms with Crippen LogP contribution in [0.1, 0.15) is 25.3 Å². The summed E-state index contributed by atoms with van der Waals surface area (Å²) in [6, 6.07) is 16.1. The fourth-order valence-corrected chi connectivity index (χ4v) is 2.47. The number of nitro groups is 1. The second-order valence-electron chi connectivity index (χ2n) is 5.57. The van der Waals surface area contributed by atoms with E-state index in [2.05, 4.69) is 0 Å². The van der Waals surface area contributed by atoms with Gasteiger partial charge in [0, 0.05) is 25.6 Å². The van der Waals surface area contributed by atoms with Gasteiger partial charge >= 0.3 is 5.69 Å². The molecule has 0 aromatic heterocycles. The van der Waals surface area contributed by atoms with Gasteiger partial charge in [-0.05, 0) is 25.0 Å². The maximum atomic E-state index is 12.3. The molecule has 2 aromatic rings. The van der Waals surface area contributed by atoms with Gasteiger partial charge in [-0.1, -0.05) is 42.5 Å². The normalized spacial score (nSPS) is 10.3. The van der Waals surface area contributed by atoms with Gasteiger partial charge in [0.05, 0.1) is 11.5 Å². The van der Waals surface area contributed by atoms with Crippen molar-refractivity contribution in [2.24, 2.45) is 0 Å². The molecule has 0 aliphatic carbocycles. The number of nitrogens with zero attached hydrogens (tertiary/aromatic N) is 2. The summed E-state index contributed by atoms with van der Waals surface area (Å²) in [6.07, 6.45) is 0.859. The van der Waals surface area contributed by atoms with Crippen molar-refractivity contribution in [2.75, 3.05) is 13.2 Å². The van der Waals surface area contributed by atoms with Crippen LogP contribution in [0.4, 0.5) is 5.69 Å². The van der Waals surface area contributed by atoms with Crippen LogP contribution in [0.25, 0.3) is 0 Å². The van der Waals surface area contributed by atoms with Crippen LogP contribution in [0.5, 0.6) is 5.75 Å². The zero-order valence-electron chi connectivity index (χ0n) is 14.3. The third kappa shape index (κ3) is 5.60. The number of carbonyl (C=O) groups is 1. The first kappa shape index (κ1) is 18.4. The quantitative estimate of drug-likeness (QED) is 0.395. The number of rotatable bonds is 9. The Morgan fingerprint density at radius 2 is 1.80 bits per heavy atom. The maximum Gasteiger partial charge on any atom is 0.310 e. The van der Waals surface area contributed by atoms with Crippen molar-refractivity contribution in [3.05, 3.63) is 70.3 Å². The summed E-state index contributed by atoms with van der Waals surface area (Å²) in [7, 11) is 0. The summed E-state index contributed by atoms with van der Waals surface area (Å²) < 4.78 is 5.47. The molecule has 2 rings (SSSR count). The van der Waals surface area contributed by atoms with E-state index in [1.165, 1.54) is 6.07 Å². The van der Waals surface area contributed by atoms with Gasteiger partial charge in [-0.15, -0.1) is 0 Å². The number of carbonyl (C=O) groups excluding carboxylic acids is 1. The summed E-state index contributed by atoms with van der Waals surface area (Å²) >= 11 is 0. The topological polar surface area (TPSA) is 72.7 Å². The van der Waals surface area contributed by atoms with Gasteiger partial charge in [-0.3, -0.25) is 14.9 Å². The molecule has 0 aliphatic rings. The van der Waals surface area contributed by atoms with Crippen LogP contribution in [-0.4, -0.2) is 28.9 Å². The van der Waals surface area contributed by atoms with E-state index in [1.54, 1.807) is 23.1 Å².